The van der Waals surface area contributed by atoms with Gasteiger partial charge < -0.3 is 15.0 Å². The van der Waals surface area contributed by atoms with Gasteiger partial charge in [0.2, 0.25) is 0 Å². The van der Waals surface area contributed by atoms with Crippen molar-refractivity contribution < 1.29 is 9.90 Å². The molecule has 0 bridgehead atoms. The summed E-state index contributed by atoms with van der Waals surface area (Å²) in [5.41, 5.74) is 2.76. The quantitative estimate of drug-likeness (QED) is 0.719. The van der Waals surface area contributed by atoms with Gasteiger partial charge >= 0.3 is 6.09 Å². The van der Waals surface area contributed by atoms with Crippen molar-refractivity contribution in [1.82, 2.24) is 19.9 Å². The summed E-state index contributed by atoms with van der Waals surface area (Å²) >= 11 is 3.46. The number of hydrogen-bond acceptors (Lipinski definition) is 3. The number of pyridine rings is 1. The molecule has 0 saturated carbocycles. The lowest BCUT2D eigenvalue weighted by Crippen LogP contribution is -2.26. The molecule has 1 atom stereocenters. The number of aromatic amines is 1. The van der Waals surface area contributed by atoms with Crippen molar-refractivity contribution in [3.63, 3.8) is 0 Å². The molecule has 0 aliphatic carbocycles. The van der Waals surface area contributed by atoms with E-state index in [1.807, 2.05) is 18.2 Å². The van der Waals surface area contributed by atoms with Gasteiger partial charge in [-0.1, -0.05) is 15.9 Å². The first-order valence-electron chi connectivity index (χ1n) is 7.51. The monoisotopic (exact) mass is 374 g/mol. The summed E-state index contributed by atoms with van der Waals surface area (Å²) < 4.78 is 0.997. The van der Waals surface area contributed by atoms with Crippen LogP contribution in [-0.2, 0) is 6.42 Å². The number of halogens is 1. The number of amides is 1. The van der Waals surface area contributed by atoms with Crippen LogP contribution in [0, 0.1) is 5.92 Å². The van der Waals surface area contributed by atoms with Crippen molar-refractivity contribution in [1.29, 1.82) is 0 Å². The van der Waals surface area contributed by atoms with Gasteiger partial charge in [0, 0.05) is 29.4 Å². The molecule has 1 aromatic carbocycles. The Labute approximate surface area is 140 Å². The molecule has 6 nitrogen and oxygen atoms in total. The van der Waals surface area contributed by atoms with Crippen LogP contribution in [-0.4, -0.2) is 44.1 Å². The van der Waals surface area contributed by atoms with E-state index in [4.69, 9.17) is 5.11 Å². The number of fused-ring (bicyclic) bond motifs is 3. The second kappa shape index (κ2) is 5.49. The van der Waals surface area contributed by atoms with Crippen LogP contribution >= 0.6 is 15.9 Å². The second-order valence-electron chi connectivity index (χ2n) is 5.95. The molecule has 3 aromatic rings. The number of nitrogens with zero attached hydrogens (tertiary/aromatic N) is 3. The highest BCUT2D eigenvalue weighted by molar-refractivity contribution is 9.10. The minimum atomic E-state index is -0.835. The maximum Gasteiger partial charge on any atom is 0.407 e. The molecule has 1 fully saturated rings. The fourth-order valence-corrected chi connectivity index (χ4v) is 3.58. The standard InChI is InChI=1S/C16H15BrN4O2/c17-10-1-2-11-12(6-10)18-7-13-15(11)20-14(19-13)5-9-3-4-21(8-9)16(22)23/h1-2,6-7,9H,3-5,8H2,(H,19,20)(H,22,23). The van der Waals surface area contributed by atoms with E-state index < -0.39 is 6.09 Å². The highest BCUT2D eigenvalue weighted by Crippen LogP contribution is 2.26. The van der Waals surface area contributed by atoms with E-state index in [-0.39, 0.29) is 0 Å². The molecule has 1 aliphatic rings. The van der Waals surface area contributed by atoms with Gasteiger partial charge in [-0.05, 0) is 30.5 Å². The van der Waals surface area contributed by atoms with Gasteiger partial charge in [-0.2, -0.15) is 0 Å². The summed E-state index contributed by atoms with van der Waals surface area (Å²) in [6.07, 6.45) is 2.59. The smallest absolute Gasteiger partial charge is 0.407 e. The zero-order valence-corrected chi connectivity index (χ0v) is 13.9. The summed E-state index contributed by atoms with van der Waals surface area (Å²) in [4.78, 5) is 25.0. The predicted octanol–water partition coefficient (Wildman–Crippen LogP) is 3.42. The van der Waals surface area contributed by atoms with Crippen molar-refractivity contribution >= 4 is 44.0 Å². The predicted molar refractivity (Wildman–Crippen MR) is 90.5 cm³/mol. The van der Waals surface area contributed by atoms with Gasteiger partial charge in [0.15, 0.2) is 0 Å². The maximum absolute atomic E-state index is 11.0. The number of likely N-dealkylation sites (tertiary alicyclic amines) is 1. The topological polar surface area (TPSA) is 82.1 Å². The molecular formula is C16H15BrN4O2. The molecule has 4 rings (SSSR count). The Morgan fingerprint density at radius 3 is 3.09 bits per heavy atom. The van der Waals surface area contributed by atoms with E-state index in [1.165, 1.54) is 4.90 Å². The Bertz CT molecular complexity index is 908. The number of benzene rings is 1. The molecule has 3 heterocycles. The average molecular weight is 375 g/mol. The van der Waals surface area contributed by atoms with Crippen LogP contribution < -0.4 is 0 Å². The van der Waals surface area contributed by atoms with E-state index in [0.717, 1.165) is 45.1 Å². The van der Waals surface area contributed by atoms with Crippen molar-refractivity contribution in [2.24, 2.45) is 5.92 Å². The molecule has 0 spiro atoms. The van der Waals surface area contributed by atoms with Gasteiger partial charge in [-0.25, -0.2) is 9.78 Å². The molecular weight excluding hydrogens is 360 g/mol. The van der Waals surface area contributed by atoms with Gasteiger partial charge in [0.05, 0.1) is 17.2 Å². The van der Waals surface area contributed by atoms with Crippen LogP contribution in [0.2, 0.25) is 0 Å². The summed E-state index contributed by atoms with van der Waals surface area (Å²) in [6.45, 7) is 1.19. The fraction of sp³-hybridized carbons (Fsp3) is 0.312. The molecule has 23 heavy (non-hydrogen) atoms. The van der Waals surface area contributed by atoms with E-state index in [0.29, 0.717) is 19.0 Å². The molecule has 1 amide bonds. The molecule has 7 heteroatoms. The average Bonchev–Trinajstić information content (AvgIpc) is 3.13. The van der Waals surface area contributed by atoms with Crippen LogP contribution in [0.15, 0.2) is 28.9 Å². The van der Waals surface area contributed by atoms with E-state index >= 15 is 0 Å². The molecule has 2 N–H and O–H groups in total. The summed E-state index contributed by atoms with van der Waals surface area (Å²) in [5.74, 6) is 1.22. The van der Waals surface area contributed by atoms with Crippen LogP contribution in [0.5, 0.6) is 0 Å². The Morgan fingerprint density at radius 1 is 1.43 bits per heavy atom. The molecule has 1 unspecified atom stereocenters. The number of carboxylic acid groups (broad SMARTS) is 1. The lowest BCUT2D eigenvalue weighted by molar-refractivity contribution is 0.154. The molecule has 2 aromatic heterocycles. The summed E-state index contributed by atoms with van der Waals surface area (Å²) in [6, 6.07) is 6.00. The molecule has 1 aliphatic heterocycles. The third-order valence-corrected chi connectivity index (χ3v) is 4.87. The Hall–Kier alpha value is -2.15. The number of imidazole rings is 1. The SMILES string of the molecule is O=C(O)N1CCC(Cc2nc3cnc4cc(Br)ccc4c3[nH]2)C1. The van der Waals surface area contributed by atoms with E-state index in [1.54, 1.807) is 6.20 Å². The number of H-pyrrole nitrogens is 1. The lowest BCUT2D eigenvalue weighted by Gasteiger charge is -2.11. The van der Waals surface area contributed by atoms with Crippen molar-refractivity contribution in [2.45, 2.75) is 12.8 Å². The number of rotatable bonds is 2. The second-order valence-corrected chi connectivity index (χ2v) is 6.87. The van der Waals surface area contributed by atoms with Gasteiger partial charge in [-0.3, -0.25) is 4.98 Å². The first-order valence-corrected chi connectivity index (χ1v) is 8.30. The van der Waals surface area contributed by atoms with Crippen molar-refractivity contribution in [2.75, 3.05) is 13.1 Å². The molecule has 0 radical (unpaired) electrons. The maximum atomic E-state index is 11.0. The largest absolute Gasteiger partial charge is 0.465 e. The normalized spacial score (nSPS) is 18.1. The van der Waals surface area contributed by atoms with Gasteiger partial charge in [0.25, 0.3) is 0 Å². The number of carbonyl (C=O) groups is 1. The molecule has 118 valence electrons. The first-order chi connectivity index (χ1) is 11.1. The van der Waals surface area contributed by atoms with Crippen LogP contribution in [0.4, 0.5) is 4.79 Å². The zero-order chi connectivity index (χ0) is 16.0. The highest BCUT2D eigenvalue weighted by Gasteiger charge is 2.26. The Morgan fingerprint density at radius 2 is 2.30 bits per heavy atom. The summed E-state index contributed by atoms with van der Waals surface area (Å²) in [7, 11) is 0. The van der Waals surface area contributed by atoms with Crippen molar-refractivity contribution in [3.8, 4) is 0 Å². The first kappa shape index (κ1) is 14.4. The van der Waals surface area contributed by atoms with Crippen LogP contribution in [0.3, 0.4) is 0 Å². The highest BCUT2D eigenvalue weighted by atomic mass is 79.9. The lowest BCUT2D eigenvalue weighted by atomic mass is 10.1. The minimum Gasteiger partial charge on any atom is -0.465 e. The third kappa shape index (κ3) is 2.65. The minimum absolute atomic E-state index is 0.319. The molecule has 1 saturated heterocycles. The van der Waals surface area contributed by atoms with E-state index in [9.17, 15) is 4.79 Å². The van der Waals surface area contributed by atoms with Gasteiger partial charge in [-0.15, -0.1) is 0 Å². The summed E-state index contributed by atoms with van der Waals surface area (Å²) in [5, 5.41) is 10.1. The number of aromatic nitrogens is 3. The van der Waals surface area contributed by atoms with Crippen LogP contribution in [0.25, 0.3) is 21.9 Å². The fourth-order valence-electron chi connectivity index (χ4n) is 3.23. The Kier molecular flexibility index (Phi) is 3.45. The van der Waals surface area contributed by atoms with Crippen LogP contribution in [0.1, 0.15) is 12.2 Å². The Balaban J connectivity index is 1.64. The number of hydrogen-bond donors (Lipinski definition) is 2. The van der Waals surface area contributed by atoms with Crippen molar-refractivity contribution in [3.05, 3.63) is 34.7 Å². The van der Waals surface area contributed by atoms with E-state index in [2.05, 4.69) is 30.9 Å². The number of nitrogens with one attached hydrogen (secondary N) is 1. The van der Waals surface area contributed by atoms with Gasteiger partial charge in [0.1, 0.15) is 11.3 Å². The zero-order valence-electron chi connectivity index (χ0n) is 12.3. The third-order valence-electron chi connectivity index (χ3n) is 4.37.